The molecule has 186 valence electrons. The molecule has 7 heteroatoms. The van der Waals surface area contributed by atoms with Crippen molar-refractivity contribution in [3.8, 4) is 17.2 Å². The Labute approximate surface area is 210 Å². The van der Waals surface area contributed by atoms with Crippen LogP contribution in [-0.4, -0.2) is 49.6 Å². The van der Waals surface area contributed by atoms with Crippen LogP contribution in [0.5, 0.6) is 17.2 Å². The molecule has 1 atom stereocenters. The number of amides is 1. The van der Waals surface area contributed by atoms with E-state index in [1.54, 1.807) is 57.7 Å². The van der Waals surface area contributed by atoms with Gasteiger partial charge in [0.05, 0.1) is 32.9 Å². The largest absolute Gasteiger partial charge is 0.507 e. The fourth-order valence-electron chi connectivity index (χ4n) is 4.42. The predicted molar refractivity (Wildman–Crippen MR) is 136 cm³/mol. The fraction of sp³-hybridized carbons (Fsp3) is 0.241. The number of nitrogens with zero attached hydrogens (tertiary/aromatic N) is 1. The van der Waals surface area contributed by atoms with Crippen LogP contribution in [0.2, 0.25) is 0 Å². The van der Waals surface area contributed by atoms with E-state index in [9.17, 15) is 14.7 Å². The van der Waals surface area contributed by atoms with Crippen LogP contribution in [0.1, 0.15) is 28.3 Å². The summed E-state index contributed by atoms with van der Waals surface area (Å²) >= 11 is 0. The minimum Gasteiger partial charge on any atom is -0.507 e. The maximum Gasteiger partial charge on any atom is 0.295 e. The summed E-state index contributed by atoms with van der Waals surface area (Å²) in [5.41, 5.74) is 3.15. The number of rotatable bonds is 8. The van der Waals surface area contributed by atoms with Gasteiger partial charge >= 0.3 is 0 Å². The highest BCUT2D eigenvalue weighted by Crippen LogP contribution is 2.40. The van der Waals surface area contributed by atoms with Crippen LogP contribution in [0.4, 0.5) is 0 Å². The molecule has 1 unspecified atom stereocenters. The number of hydrogen-bond acceptors (Lipinski definition) is 6. The Balaban J connectivity index is 1.75. The lowest BCUT2D eigenvalue weighted by molar-refractivity contribution is -0.139. The highest BCUT2D eigenvalue weighted by atomic mass is 16.5. The van der Waals surface area contributed by atoms with Gasteiger partial charge in [0.25, 0.3) is 11.7 Å². The van der Waals surface area contributed by atoms with Crippen LogP contribution in [-0.2, 0) is 16.0 Å². The van der Waals surface area contributed by atoms with E-state index in [2.05, 4.69) is 0 Å². The number of ether oxygens (including phenoxy) is 3. The molecule has 1 saturated heterocycles. The first-order chi connectivity index (χ1) is 17.4. The van der Waals surface area contributed by atoms with E-state index in [-0.39, 0.29) is 17.9 Å². The second-order valence-electron chi connectivity index (χ2n) is 8.57. The van der Waals surface area contributed by atoms with E-state index in [1.807, 2.05) is 37.3 Å². The van der Waals surface area contributed by atoms with E-state index in [0.29, 0.717) is 34.8 Å². The maximum absolute atomic E-state index is 13.3. The lowest BCUT2D eigenvalue weighted by Crippen LogP contribution is -2.31. The number of carbonyl (C=O) groups is 2. The van der Waals surface area contributed by atoms with Gasteiger partial charge in [-0.3, -0.25) is 9.59 Å². The minimum atomic E-state index is -0.762. The Hall–Kier alpha value is -4.26. The van der Waals surface area contributed by atoms with Gasteiger partial charge in [0.2, 0.25) is 0 Å². The third-order valence-corrected chi connectivity index (χ3v) is 6.36. The number of ketones is 1. The first-order valence-electron chi connectivity index (χ1n) is 11.6. The smallest absolute Gasteiger partial charge is 0.295 e. The Morgan fingerprint density at radius 1 is 0.889 bits per heavy atom. The summed E-state index contributed by atoms with van der Waals surface area (Å²) in [4.78, 5) is 28.0. The summed E-state index contributed by atoms with van der Waals surface area (Å²) in [6, 6.07) is 19.2. The maximum atomic E-state index is 13.3. The summed E-state index contributed by atoms with van der Waals surface area (Å²) in [6.45, 7) is 2.19. The zero-order valence-corrected chi connectivity index (χ0v) is 20.8. The van der Waals surface area contributed by atoms with Gasteiger partial charge in [0.15, 0.2) is 11.5 Å². The highest BCUT2D eigenvalue weighted by Gasteiger charge is 2.46. The van der Waals surface area contributed by atoms with Gasteiger partial charge in [-0.2, -0.15) is 0 Å². The molecule has 0 aliphatic carbocycles. The van der Waals surface area contributed by atoms with Crippen molar-refractivity contribution in [1.82, 2.24) is 4.90 Å². The number of hydrogen-bond donors (Lipinski definition) is 1. The zero-order chi connectivity index (χ0) is 25.8. The minimum absolute atomic E-state index is 0.0596. The van der Waals surface area contributed by atoms with E-state index in [4.69, 9.17) is 14.2 Å². The number of Topliss-reactive ketones (excluding diaryl/α,β-unsaturated/α-hetero) is 1. The van der Waals surface area contributed by atoms with Crippen molar-refractivity contribution in [2.24, 2.45) is 0 Å². The van der Waals surface area contributed by atoms with Crippen LogP contribution in [0.3, 0.4) is 0 Å². The summed E-state index contributed by atoms with van der Waals surface area (Å²) < 4.78 is 16.1. The molecule has 3 aromatic rings. The predicted octanol–water partition coefficient (Wildman–Crippen LogP) is 4.69. The van der Waals surface area contributed by atoms with Crippen molar-refractivity contribution in [3.05, 3.63) is 94.6 Å². The molecule has 0 bridgehead atoms. The van der Waals surface area contributed by atoms with Gasteiger partial charge < -0.3 is 24.2 Å². The Morgan fingerprint density at radius 2 is 1.61 bits per heavy atom. The van der Waals surface area contributed by atoms with Crippen LogP contribution in [0.25, 0.3) is 5.76 Å². The zero-order valence-electron chi connectivity index (χ0n) is 20.8. The molecule has 0 aromatic heterocycles. The topological polar surface area (TPSA) is 85.3 Å². The molecule has 1 aliphatic heterocycles. The normalized spacial score (nSPS) is 16.8. The number of methoxy groups -OCH3 is 3. The van der Waals surface area contributed by atoms with Crippen LogP contribution in [0, 0.1) is 6.92 Å². The number of aryl methyl sites for hydroxylation is 1. The molecular weight excluding hydrogens is 458 g/mol. The number of aliphatic hydroxyl groups is 1. The molecule has 7 nitrogen and oxygen atoms in total. The number of aliphatic hydroxyl groups excluding tert-OH is 1. The van der Waals surface area contributed by atoms with Gasteiger partial charge in [-0.05, 0) is 48.7 Å². The van der Waals surface area contributed by atoms with Crippen molar-refractivity contribution < 1.29 is 28.9 Å². The molecule has 0 spiro atoms. The second kappa shape index (κ2) is 10.6. The van der Waals surface area contributed by atoms with Gasteiger partial charge in [0, 0.05) is 12.1 Å². The van der Waals surface area contributed by atoms with E-state index in [1.165, 1.54) is 4.90 Å². The van der Waals surface area contributed by atoms with E-state index < -0.39 is 17.7 Å². The van der Waals surface area contributed by atoms with Gasteiger partial charge in [-0.1, -0.05) is 48.0 Å². The SMILES string of the molecule is COc1cccc(C2C(=C(O)c3ccc(C)cc3)C(=O)C(=O)N2CCc2ccc(OC)c(OC)c2)c1. The molecule has 0 radical (unpaired) electrons. The van der Waals surface area contributed by atoms with Gasteiger partial charge in [-0.25, -0.2) is 0 Å². The number of carbonyl (C=O) groups excluding carboxylic acids is 2. The lowest BCUT2D eigenvalue weighted by Gasteiger charge is -2.26. The first-order valence-corrected chi connectivity index (χ1v) is 11.6. The average Bonchev–Trinajstić information content (AvgIpc) is 3.16. The standard InChI is InChI=1S/C29H29NO6/c1-18-8-11-20(12-9-18)27(31)25-26(21-6-5-7-22(17-21)34-2)30(29(33)28(25)32)15-14-19-10-13-23(35-3)24(16-19)36-4/h5-13,16-17,26,31H,14-15H2,1-4H3. The monoisotopic (exact) mass is 487 g/mol. The van der Waals surface area contributed by atoms with Crippen molar-refractivity contribution in [2.75, 3.05) is 27.9 Å². The molecule has 1 aliphatic rings. The third-order valence-electron chi connectivity index (χ3n) is 6.36. The van der Waals surface area contributed by atoms with E-state index in [0.717, 1.165) is 11.1 Å². The molecule has 1 N–H and O–H groups in total. The molecule has 1 amide bonds. The van der Waals surface area contributed by atoms with Crippen LogP contribution < -0.4 is 14.2 Å². The summed E-state index contributed by atoms with van der Waals surface area (Å²) in [6.07, 6.45) is 0.471. The van der Waals surface area contributed by atoms with Gasteiger partial charge in [-0.15, -0.1) is 0 Å². The molecule has 1 heterocycles. The van der Waals surface area contributed by atoms with Crippen LogP contribution in [0.15, 0.2) is 72.3 Å². The van der Waals surface area contributed by atoms with Crippen molar-refractivity contribution in [2.45, 2.75) is 19.4 Å². The highest BCUT2D eigenvalue weighted by molar-refractivity contribution is 6.46. The molecule has 0 saturated carbocycles. The molecule has 4 rings (SSSR count). The summed E-state index contributed by atoms with van der Waals surface area (Å²) in [5.74, 6) is 0.213. The first kappa shape index (κ1) is 24.9. The van der Waals surface area contributed by atoms with E-state index >= 15 is 0 Å². The van der Waals surface area contributed by atoms with Crippen molar-refractivity contribution in [3.63, 3.8) is 0 Å². The third kappa shape index (κ3) is 4.77. The molecule has 1 fully saturated rings. The quantitative estimate of drug-likeness (QED) is 0.282. The van der Waals surface area contributed by atoms with Gasteiger partial charge in [0.1, 0.15) is 11.5 Å². The second-order valence-corrected chi connectivity index (χ2v) is 8.57. The number of benzene rings is 3. The fourth-order valence-corrected chi connectivity index (χ4v) is 4.42. The van der Waals surface area contributed by atoms with Crippen molar-refractivity contribution >= 4 is 17.4 Å². The Morgan fingerprint density at radius 3 is 2.28 bits per heavy atom. The lowest BCUT2D eigenvalue weighted by atomic mass is 9.94. The Bertz CT molecular complexity index is 1310. The molecule has 36 heavy (non-hydrogen) atoms. The molecule has 3 aromatic carbocycles. The average molecular weight is 488 g/mol. The summed E-state index contributed by atoms with van der Waals surface area (Å²) in [5, 5.41) is 11.2. The number of likely N-dealkylation sites (tertiary alicyclic amines) is 1. The summed E-state index contributed by atoms with van der Waals surface area (Å²) in [7, 11) is 4.69. The van der Waals surface area contributed by atoms with Crippen LogP contribution >= 0.6 is 0 Å². The van der Waals surface area contributed by atoms with Crippen molar-refractivity contribution in [1.29, 1.82) is 0 Å². The Kier molecular flexibility index (Phi) is 7.29. The molecular formula is C29H29NO6.